The van der Waals surface area contributed by atoms with E-state index in [0.717, 1.165) is 32.1 Å². The first-order chi connectivity index (χ1) is 9.82. The molecule has 1 saturated heterocycles. The van der Waals surface area contributed by atoms with Crippen LogP contribution in [0.5, 0.6) is 0 Å². The molecular formula is C16H30N2O3. The van der Waals surface area contributed by atoms with Crippen LogP contribution in [0.1, 0.15) is 59.8 Å². The van der Waals surface area contributed by atoms with Gasteiger partial charge in [0.15, 0.2) is 0 Å². The van der Waals surface area contributed by atoms with Crippen molar-refractivity contribution < 1.29 is 14.7 Å². The van der Waals surface area contributed by atoms with Crippen LogP contribution in [0.3, 0.4) is 0 Å². The topological polar surface area (TPSA) is 69.6 Å². The molecule has 3 atom stereocenters. The number of rotatable bonds is 6. The molecule has 0 spiro atoms. The highest BCUT2D eigenvalue weighted by Crippen LogP contribution is 2.23. The normalized spacial score (nSPS) is 24.0. The number of carboxylic acid groups (broad SMARTS) is 1. The molecule has 5 heteroatoms. The van der Waals surface area contributed by atoms with E-state index in [0.29, 0.717) is 12.5 Å². The molecule has 0 saturated carbocycles. The van der Waals surface area contributed by atoms with E-state index in [1.807, 2.05) is 13.8 Å². The number of nitrogens with one attached hydrogen (secondary N) is 1. The van der Waals surface area contributed by atoms with Gasteiger partial charge in [-0.2, -0.15) is 0 Å². The number of aliphatic carboxylic acids is 1. The average molecular weight is 298 g/mol. The van der Waals surface area contributed by atoms with Crippen LogP contribution in [-0.4, -0.2) is 40.6 Å². The first-order valence-electron chi connectivity index (χ1n) is 8.12. The number of hydrogen-bond acceptors (Lipinski definition) is 2. The Balaban J connectivity index is 2.50. The Morgan fingerprint density at radius 3 is 2.52 bits per heavy atom. The minimum Gasteiger partial charge on any atom is -0.480 e. The van der Waals surface area contributed by atoms with Crippen molar-refractivity contribution in [2.45, 2.75) is 71.9 Å². The van der Waals surface area contributed by atoms with E-state index in [9.17, 15) is 14.7 Å². The van der Waals surface area contributed by atoms with E-state index in [1.165, 1.54) is 4.90 Å². The molecule has 0 aliphatic carbocycles. The summed E-state index contributed by atoms with van der Waals surface area (Å²) in [6.07, 6.45) is 4.91. The summed E-state index contributed by atoms with van der Waals surface area (Å²) in [6.45, 7) is 8.81. The lowest BCUT2D eigenvalue weighted by Crippen LogP contribution is -2.56. The lowest BCUT2D eigenvalue weighted by molar-refractivity contribution is -0.145. The molecule has 0 aromatic heterocycles. The molecule has 122 valence electrons. The van der Waals surface area contributed by atoms with Crippen molar-refractivity contribution in [3.63, 3.8) is 0 Å². The maximum atomic E-state index is 12.3. The molecule has 1 aliphatic heterocycles. The fraction of sp³-hybridized carbons (Fsp3) is 0.875. The molecule has 2 amide bonds. The molecule has 0 aromatic carbocycles. The Morgan fingerprint density at radius 1 is 1.29 bits per heavy atom. The maximum absolute atomic E-state index is 12.3. The van der Waals surface area contributed by atoms with Crippen LogP contribution < -0.4 is 5.32 Å². The molecule has 3 unspecified atom stereocenters. The summed E-state index contributed by atoms with van der Waals surface area (Å²) in [5.41, 5.74) is 0. The number of carbonyl (C=O) groups excluding carboxylic acids is 1. The highest BCUT2D eigenvalue weighted by molar-refractivity contribution is 5.83. The van der Waals surface area contributed by atoms with Crippen molar-refractivity contribution in [1.29, 1.82) is 0 Å². The summed E-state index contributed by atoms with van der Waals surface area (Å²) in [5.74, 6) is -0.213. The third kappa shape index (κ3) is 5.56. The quantitative estimate of drug-likeness (QED) is 0.791. The van der Waals surface area contributed by atoms with Crippen LogP contribution in [0, 0.1) is 11.8 Å². The Kier molecular flexibility index (Phi) is 6.99. The second kappa shape index (κ2) is 8.25. The third-order valence-corrected chi connectivity index (χ3v) is 4.24. The Labute approximate surface area is 128 Å². The summed E-state index contributed by atoms with van der Waals surface area (Å²) < 4.78 is 0. The number of nitrogens with zero attached hydrogens (tertiary/aromatic N) is 1. The predicted octanol–water partition coefficient (Wildman–Crippen LogP) is 3.10. The highest BCUT2D eigenvalue weighted by Gasteiger charge is 2.37. The van der Waals surface area contributed by atoms with Crippen molar-refractivity contribution in [2.75, 3.05) is 6.54 Å². The van der Waals surface area contributed by atoms with Crippen LogP contribution in [0.15, 0.2) is 0 Å². The van der Waals surface area contributed by atoms with Gasteiger partial charge in [-0.15, -0.1) is 0 Å². The number of likely N-dealkylation sites (tertiary alicyclic amines) is 1. The molecule has 5 nitrogen and oxygen atoms in total. The van der Waals surface area contributed by atoms with Crippen molar-refractivity contribution >= 4 is 12.0 Å². The largest absolute Gasteiger partial charge is 0.480 e. The fourth-order valence-corrected chi connectivity index (χ4v) is 2.99. The smallest absolute Gasteiger partial charge is 0.326 e. The zero-order chi connectivity index (χ0) is 16.0. The number of urea groups is 1. The van der Waals surface area contributed by atoms with Gasteiger partial charge in [0.1, 0.15) is 6.04 Å². The van der Waals surface area contributed by atoms with Crippen LogP contribution in [-0.2, 0) is 4.79 Å². The maximum Gasteiger partial charge on any atom is 0.326 e. The van der Waals surface area contributed by atoms with E-state index in [1.54, 1.807) is 0 Å². The van der Waals surface area contributed by atoms with Crippen molar-refractivity contribution in [2.24, 2.45) is 11.8 Å². The van der Waals surface area contributed by atoms with Gasteiger partial charge >= 0.3 is 12.0 Å². The van der Waals surface area contributed by atoms with Crippen molar-refractivity contribution in [3.05, 3.63) is 0 Å². The number of hydrogen-bond donors (Lipinski definition) is 2. The molecule has 0 aromatic rings. The average Bonchev–Trinajstić information content (AvgIpc) is 2.37. The van der Waals surface area contributed by atoms with E-state index in [2.05, 4.69) is 19.2 Å². The van der Waals surface area contributed by atoms with Gasteiger partial charge in [0.05, 0.1) is 0 Å². The van der Waals surface area contributed by atoms with Crippen LogP contribution >= 0.6 is 0 Å². The number of carboxylic acids is 1. The summed E-state index contributed by atoms with van der Waals surface area (Å²) in [6, 6.07) is -0.837. The Hall–Kier alpha value is -1.26. The van der Waals surface area contributed by atoms with E-state index in [4.69, 9.17) is 0 Å². The molecule has 1 heterocycles. The van der Waals surface area contributed by atoms with Gasteiger partial charge in [-0.3, -0.25) is 0 Å². The van der Waals surface area contributed by atoms with Crippen LogP contribution in [0.4, 0.5) is 4.79 Å². The lowest BCUT2D eigenvalue weighted by Gasteiger charge is -2.37. The molecule has 21 heavy (non-hydrogen) atoms. The minimum absolute atomic E-state index is 0.0123. The van der Waals surface area contributed by atoms with Gasteiger partial charge in [-0.05, 0) is 38.0 Å². The molecule has 2 N–H and O–H groups in total. The van der Waals surface area contributed by atoms with Crippen molar-refractivity contribution in [3.8, 4) is 0 Å². The zero-order valence-electron chi connectivity index (χ0n) is 13.8. The van der Waals surface area contributed by atoms with E-state index < -0.39 is 12.0 Å². The summed E-state index contributed by atoms with van der Waals surface area (Å²) >= 11 is 0. The summed E-state index contributed by atoms with van der Waals surface area (Å²) in [7, 11) is 0. The van der Waals surface area contributed by atoms with Gasteiger partial charge in [-0.25, -0.2) is 9.59 Å². The molecule has 1 aliphatic rings. The van der Waals surface area contributed by atoms with E-state index in [-0.39, 0.29) is 18.0 Å². The molecular weight excluding hydrogens is 268 g/mol. The molecule has 0 bridgehead atoms. The van der Waals surface area contributed by atoms with Gasteiger partial charge in [0.2, 0.25) is 0 Å². The predicted molar refractivity (Wildman–Crippen MR) is 83.2 cm³/mol. The second-order valence-electron chi connectivity index (χ2n) is 6.77. The number of piperidine rings is 1. The van der Waals surface area contributed by atoms with Gasteiger partial charge in [0.25, 0.3) is 0 Å². The minimum atomic E-state index is -0.898. The first kappa shape index (κ1) is 17.8. The van der Waals surface area contributed by atoms with Gasteiger partial charge in [-0.1, -0.05) is 33.6 Å². The monoisotopic (exact) mass is 298 g/mol. The first-order valence-corrected chi connectivity index (χ1v) is 8.12. The highest BCUT2D eigenvalue weighted by atomic mass is 16.4. The molecule has 0 radical (unpaired) electrons. The summed E-state index contributed by atoms with van der Waals surface area (Å²) in [5, 5.41) is 12.3. The molecule has 1 rings (SSSR count). The zero-order valence-corrected chi connectivity index (χ0v) is 13.8. The van der Waals surface area contributed by atoms with Gasteiger partial charge < -0.3 is 15.3 Å². The SMILES string of the molecule is CC(C)CCCC(C)NC(=O)N1CCCC(C)C1C(=O)O. The number of amides is 2. The number of carbonyl (C=O) groups is 2. The van der Waals surface area contributed by atoms with Crippen molar-refractivity contribution in [1.82, 2.24) is 10.2 Å². The van der Waals surface area contributed by atoms with Gasteiger partial charge in [0, 0.05) is 12.6 Å². The van der Waals surface area contributed by atoms with Crippen LogP contribution in [0.25, 0.3) is 0 Å². The summed E-state index contributed by atoms with van der Waals surface area (Å²) in [4.78, 5) is 25.2. The third-order valence-electron chi connectivity index (χ3n) is 4.24. The Morgan fingerprint density at radius 2 is 1.95 bits per heavy atom. The molecule has 1 fully saturated rings. The van der Waals surface area contributed by atoms with E-state index >= 15 is 0 Å². The standard InChI is InChI=1S/C16H30N2O3/c1-11(2)7-5-9-13(4)17-16(21)18-10-6-8-12(3)14(18)15(19)20/h11-14H,5-10H2,1-4H3,(H,17,21)(H,19,20). The van der Waals surface area contributed by atoms with Crippen LogP contribution in [0.2, 0.25) is 0 Å². The fourth-order valence-electron chi connectivity index (χ4n) is 2.99. The lowest BCUT2D eigenvalue weighted by atomic mass is 9.91. The second-order valence-corrected chi connectivity index (χ2v) is 6.77. The Bertz CT molecular complexity index is 357.